The first kappa shape index (κ1) is 24.2. The number of esters is 1. The van der Waals surface area contributed by atoms with E-state index in [1.807, 2.05) is 55.5 Å². The van der Waals surface area contributed by atoms with Crippen molar-refractivity contribution in [1.82, 2.24) is 4.90 Å². The van der Waals surface area contributed by atoms with Gasteiger partial charge in [0.2, 0.25) is 0 Å². The van der Waals surface area contributed by atoms with Crippen LogP contribution in [0.4, 0.5) is 0 Å². The van der Waals surface area contributed by atoms with E-state index in [9.17, 15) is 4.79 Å². The first-order valence-electron chi connectivity index (χ1n) is 13.9. The molecule has 2 fully saturated rings. The molecule has 1 aliphatic heterocycles. The Balaban J connectivity index is 1.13. The molecular formula is C33H37NO3. The molecule has 3 aliphatic rings. The van der Waals surface area contributed by atoms with Gasteiger partial charge in [0.25, 0.3) is 0 Å². The van der Waals surface area contributed by atoms with Gasteiger partial charge >= 0.3 is 5.97 Å². The van der Waals surface area contributed by atoms with Gasteiger partial charge in [-0.15, -0.1) is 0 Å². The van der Waals surface area contributed by atoms with Crippen molar-refractivity contribution in [3.63, 3.8) is 0 Å². The lowest BCUT2D eigenvalue weighted by Crippen LogP contribution is -2.42. The fourth-order valence-electron chi connectivity index (χ4n) is 7.09. The van der Waals surface area contributed by atoms with E-state index in [0.29, 0.717) is 17.9 Å². The van der Waals surface area contributed by atoms with Gasteiger partial charge in [-0.3, -0.25) is 4.79 Å². The molecule has 3 aromatic rings. The Morgan fingerprint density at radius 1 is 0.919 bits per heavy atom. The second kappa shape index (κ2) is 9.98. The van der Waals surface area contributed by atoms with Crippen LogP contribution in [0.5, 0.6) is 11.5 Å². The Labute approximate surface area is 220 Å². The van der Waals surface area contributed by atoms with Gasteiger partial charge in [0.1, 0.15) is 23.0 Å². The number of para-hydroxylation sites is 2. The van der Waals surface area contributed by atoms with Gasteiger partial charge in [-0.25, -0.2) is 0 Å². The van der Waals surface area contributed by atoms with Crippen molar-refractivity contribution in [2.75, 3.05) is 13.6 Å². The van der Waals surface area contributed by atoms with Gasteiger partial charge in [0.05, 0.1) is 0 Å². The molecule has 0 spiro atoms. The number of nitrogens with zero attached hydrogens (tertiary/aromatic N) is 1. The Morgan fingerprint density at radius 3 is 2.27 bits per heavy atom. The van der Waals surface area contributed by atoms with E-state index in [4.69, 9.17) is 9.47 Å². The standard InChI is InChI=1S/C33H37NO3/c1-33(26-15-6-8-17-29(26)36-30-18-9-7-16-27(30)33)32(35)37-31-24-19-20-25(31)28(22-24)34(2)21-11-10-14-23-12-4-3-5-13-23/h3-9,12-13,15-18,24-25,28,31H,10-11,14,19-22H2,1-2H3. The maximum absolute atomic E-state index is 14.1. The second-order valence-electron chi connectivity index (χ2n) is 11.3. The van der Waals surface area contributed by atoms with Gasteiger partial charge in [-0.1, -0.05) is 66.7 Å². The van der Waals surface area contributed by atoms with Crippen molar-refractivity contribution in [1.29, 1.82) is 0 Å². The zero-order chi connectivity index (χ0) is 25.4. The fraction of sp³-hybridized carbons (Fsp3) is 0.424. The number of ether oxygens (including phenoxy) is 2. The molecule has 4 unspecified atom stereocenters. The van der Waals surface area contributed by atoms with E-state index in [2.05, 4.69) is 42.3 Å². The third-order valence-electron chi connectivity index (χ3n) is 9.15. The number of unbranched alkanes of at least 4 members (excludes halogenated alkanes) is 1. The molecule has 0 radical (unpaired) electrons. The van der Waals surface area contributed by atoms with Crippen molar-refractivity contribution in [3.8, 4) is 11.5 Å². The highest BCUT2D eigenvalue weighted by atomic mass is 16.5. The first-order chi connectivity index (χ1) is 18.1. The molecule has 37 heavy (non-hydrogen) atoms. The van der Waals surface area contributed by atoms with Gasteiger partial charge in [0, 0.05) is 23.1 Å². The number of carbonyl (C=O) groups excluding carboxylic acids is 1. The van der Waals surface area contributed by atoms with Crippen LogP contribution < -0.4 is 4.74 Å². The van der Waals surface area contributed by atoms with Gasteiger partial charge < -0.3 is 14.4 Å². The van der Waals surface area contributed by atoms with Crippen LogP contribution in [0, 0.1) is 11.8 Å². The van der Waals surface area contributed by atoms with Crippen molar-refractivity contribution in [3.05, 3.63) is 95.6 Å². The minimum Gasteiger partial charge on any atom is -0.461 e. The molecule has 192 valence electrons. The van der Waals surface area contributed by atoms with Crippen LogP contribution >= 0.6 is 0 Å². The van der Waals surface area contributed by atoms with E-state index in [1.54, 1.807) is 0 Å². The summed E-state index contributed by atoms with van der Waals surface area (Å²) in [7, 11) is 2.26. The number of aryl methyl sites for hydroxylation is 1. The summed E-state index contributed by atoms with van der Waals surface area (Å²) in [6.07, 6.45) is 6.97. The monoisotopic (exact) mass is 495 g/mol. The zero-order valence-electron chi connectivity index (χ0n) is 21.9. The molecule has 6 rings (SSSR count). The summed E-state index contributed by atoms with van der Waals surface area (Å²) in [6.45, 7) is 3.10. The van der Waals surface area contributed by atoms with Crippen LogP contribution in [0.3, 0.4) is 0 Å². The van der Waals surface area contributed by atoms with E-state index in [0.717, 1.165) is 54.9 Å². The third kappa shape index (κ3) is 4.35. The number of rotatable bonds is 8. The van der Waals surface area contributed by atoms with Crippen LogP contribution in [0.25, 0.3) is 0 Å². The topological polar surface area (TPSA) is 38.8 Å². The van der Waals surface area contributed by atoms with Gasteiger partial charge in [-0.05, 0) is 82.7 Å². The molecule has 0 aromatic heterocycles. The second-order valence-corrected chi connectivity index (χ2v) is 11.3. The number of benzene rings is 3. The highest BCUT2D eigenvalue weighted by Crippen LogP contribution is 2.52. The molecule has 0 saturated heterocycles. The molecule has 1 heterocycles. The quantitative estimate of drug-likeness (QED) is 0.256. The van der Waals surface area contributed by atoms with Crippen LogP contribution in [-0.2, 0) is 21.4 Å². The largest absolute Gasteiger partial charge is 0.461 e. The SMILES string of the molecule is CN(CCCCc1ccccc1)C1CC2CCC1C2OC(=O)C1(C)c2ccccc2Oc2ccccc21. The average Bonchev–Trinajstić information content (AvgIpc) is 3.48. The molecule has 0 N–H and O–H groups in total. The molecule has 2 bridgehead atoms. The summed E-state index contributed by atoms with van der Waals surface area (Å²) in [5.41, 5.74) is 2.31. The van der Waals surface area contributed by atoms with Crippen LogP contribution in [0.1, 0.15) is 55.7 Å². The first-order valence-corrected chi connectivity index (χ1v) is 13.9. The van der Waals surface area contributed by atoms with Crippen LogP contribution in [0.15, 0.2) is 78.9 Å². The summed E-state index contributed by atoms with van der Waals surface area (Å²) < 4.78 is 12.7. The molecule has 4 heteroatoms. The average molecular weight is 496 g/mol. The van der Waals surface area contributed by atoms with E-state index in [-0.39, 0.29) is 12.1 Å². The lowest BCUT2D eigenvalue weighted by Gasteiger charge is -2.36. The maximum atomic E-state index is 14.1. The number of hydrogen-bond acceptors (Lipinski definition) is 4. The predicted octanol–water partition coefficient (Wildman–Crippen LogP) is 6.76. The van der Waals surface area contributed by atoms with E-state index < -0.39 is 5.41 Å². The van der Waals surface area contributed by atoms with E-state index in [1.165, 1.54) is 18.4 Å². The molecular weight excluding hydrogens is 458 g/mol. The van der Waals surface area contributed by atoms with Crippen LogP contribution in [0.2, 0.25) is 0 Å². The van der Waals surface area contributed by atoms with Crippen molar-refractivity contribution in [2.24, 2.45) is 11.8 Å². The fourth-order valence-corrected chi connectivity index (χ4v) is 7.09. The minimum atomic E-state index is -0.883. The summed E-state index contributed by atoms with van der Waals surface area (Å²) in [5, 5.41) is 0. The third-order valence-corrected chi connectivity index (χ3v) is 9.15. The maximum Gasteiger partial charge on any atom is 0.321 e. The van der Waals surface area contributed by atoms with Crippen molar-refractivity contribution < 1.29 is 14.3 Å². The van der Waals surface area contributed by atoms with Crippen LogP contribution in [-0.4, -0.2) is 36.6 Å². The number of hydrogen-bond donors (Lipinski definition) is 0. The lowest BCUT2D eigenvalue weighted by atomic mass is 9.74. The Hall–Kier alpha value is -3.11. The van der Waals surface area contributed by atoms with Crippen molar-refractivity contribution in [2.45, 2.75) is 63.0 Å². The molecule has 4 nitrogen and oxygen atoms in total. The summed E-state index contributed by atoms with van der Waals surface area (Å²) in [6, 6.07) is 27.0. The molecule has 2 aliphatic carbocycles. The molecule has 3 aromatic carbocycles. The van der Waals surface area contributed by atoms with Crippen molar-refractivity contribution >= 4 is 5.97 Å². The molecule has 4 atom stereocenters. The Morgan fingerprint density at radius 2 is 1.57 bits per heavy atom. The number of fused-ring (bicyclic) bond motifs is 4. The van der Waals surface area contributed by atoms with Gasteiger partial charge in [-0.2, -0.15) is 0 Å². The molecule has 0 amide bonds. The number of carbonyl (C=O) groups is 1. The summed E-state index contributed by atoms with van der Waals surface area (Å²) in [4.78, 5) is 16.6. The zero-order valence-corrected chi connectivity index (χ0v) is 21.9. The highest BCUT2D eigenvalue weighted by molar-refractivity contribution is 5.90. The summed E-state index contributed by atoms with van der Waals surface area (Å²) >= 11 is 0. The Bertz CT molecular complexity index is 1210. The minimum absolute atomic E-state index is 0.00302. The summed E-state index contributed by atoms with van der Waals surface area (Å²) in [5.74, 6) is 2.21. The van der Waals surface area contributed by atoms with Gasteiger partial charge in [0.15, 0.2) is 0 Å². The normalized spacial score (nSPS) is 24.8. The smallest absolute Gasteiger partial charge is 0.321 e. The molecule has 2 saturated carbocycles. The van der Waals surface area contributed by atoms with E-state index >= 15 is 0 Å². The highest BCUT2D eigenvalue weighted by Gasteiger charge is 2.54. The lowest BCUT2D eigenvalue weighted by molar-refractivity contribution is -0.156. The Kier molecular flexibility index (Phi) is 6.54. The predicted molar refractivity (Wildman–Crippen MR) is 146 cm³/mol.